The summed E-state index contributed by atoms with van der Waals surface area (Å²) in [5.41, 5.74) is 0. The van der Waals surface area contributed by atoms with Crippen LogP contribution in [-0.4, -0.2) is 67.6 Å². The maximum atomic E-state index is 12.9. The number of amides is 1. The van der Waals surface area contributed by atoms with Crippen LogP contribution in [0.15, 0.2) is 0 Å². The highest BCUT2D eigenvalue weighted by molar-refractivity contribution is 7.89. The third-order valence-corrected chi connectivity index (χ3v) is 7.30. The van der Waals surface area contributed by atoms with E-state index in [-0.39, 0.29) is 23.7 Å². The molecule has 6 nitrogen and oxygen atoms in total. The van der Waals surface area contributed by atoms with Crippen molar-refractivity contribution in [3.8, 4) is 0 Å². The van der Waals surface area contributed by atoms with Crippen LogP contribution in [0.5, 0.6) is 0 Å². The first kappa shape index (κ1) is 18.1. The highest BCUT2D eigenvalue weighted by atomic mass is 32.2. The van der Waals surface area contributed by atoms with Crippen LogP contribution in [0.3, 0.4) is 0 Å². The van der Waals surface area contributed by atoms with Crippen LogP contribution in [0.4, 0.5) is 0 Å². The van der Waals surface area contributed by atoms with E-state index < -0.39 is 10.0 Å². The second kappa shape index (κ2) is 7.70. The van der Waals surface area contributed by atoms with E-state index in [2.05, 4.69) is 14.5 Å². The molecule has 3 aliphatic rings. The molecule has 2 atom stereocenters. The summed E-state index contributed by atoms with van der Waals surface area (Å²) in [6.45, 7) is 4.09. The number of hydrogen-bond acceptors (Lipinski definition) is 4. The molecule has 0 aromatic carbocycles. The highest BCUT2D eigenvalue weighted by Gasteiger charge is 2.40. The Kier molecular flexibility index (Phi) is 5.82. The largest absolute Gasteiger partial charge is 0.338 e. The molecule has 0 bridgehead atoms. The summed E-state index contributed by atoms with van der Waals surface area (Å²) in [5, 5.41) is 0. The maximum Gasteiger partial charge on any atom is 0.240 e. The van der Waals surface area contributed by atoms with Crippen LogP contribution in [0.25, 0.3) is 0 Å². The number of rotatable bonds is 5. The molecule has 2 heterocycles. The highest BCUT2D eigenvalue weighted by Crippen LogP contribution is 2.29. The molecule has 138 valence electrons. The van der Waals surface area contributed by atoms with Gasteiger partial charge in [0.25, 0.3) is 0 Å². The van der Waals surface area contributed by atoms with E-state index in [1.165, 1.54) is 19.3 Å². The van der Waals surface area contributed by atoms with Crippen LogP contribution >= 0.6 is 0 Å². The summed E-state index contributed by atoms with van der Waals surface area (Å²) >= 11 is 0. The molecule has 2 unspecified atom stereocenters. The van der Waals surface area contributed by atoms with Crippen LogP contribution in [0, 0.1) is 0 Å². The SMILES string of the molecule is CCS(=O)(=O)NC1CCCN(C2CCN(C3CCCCC3)C2=O)C1. The zero-order chi connectivity index (χ0) is 17.2. The van der Waals surface area contributed by atoms with Gasteiger partial charge in [0.1, 0.15) is 0 Å². The van der Waals surface area contributed by atoms with Crippen LogP contribution in [-0.2, 0) is 14.8 Å². The minimum atomic E-state index is -3.18. The summed E-state index contributed by atoms with van der Waals surface area (Å²) in [6, 6.07) is 0.344. The van der Waals surface area contributed by atoms with Gasteiger partial charge in [0.2, 0.25) is 15.9 Å². The maximum absolute atomic E-state index is 12.9. The minimum absolute atomic E-state index is 0.0409. The summed E-state index contributed by atoms with van der Waals surface area (Å²) in [6.07, 6.45) is 8.78. The number of carbonyl (C=O) groups is 1. The molecule has 24 heavy (non-hydrogen) atoms. The molecular weight excluding hydrogens is 326 g/mol. The molecule has 3 rings (SSSR count). The van der Waals surface area contributed by atoms with Crippen molar-refractivity contribution in [3.63, 3.8) is 0 Å². The van der Waals surface area contributed by atoms with Crippen LogP contribution in [0.2, 0.25) is 0 Å². The Morgan fingerprint density at radius 2 is 1.79 bits per heavy atom. The molecule has 1 amide bonds. The fourth-order valence-corrected chi connectivity index (χ4v) is 5.37. The molecule has 2 aliphatic heterocycles. The van der Waals surface area contributed by atoms with Crippen LogP contribution in [0.1, 0.15) is 58.3 Å². The molecule has 0 radical (unpaired) electrons. The van der Waals surface area contributed by atoms with E-state index in [1.807, 2.05) is 0 Å². The fourth-order valence-electron chi connectivity index (χ4n) is 4.50. The van der Waals surface area contributed by atoms with Crippen molar-refractivity contribution in [1.82, 2.24) is 14.5 Å². The number of likely N-dealkylation sites (tertiary alicyclic amines) is 2. The van der Waals surface area contributed by atoms with E-state index in [1.54, 1.807) is 6.92 Å². The van der Waals surface area contributed by atoms with E-state index >= 15 is 0 Å². The Balaban J connectivity index is 1.59. The lowest BCUT2D eigenvalue weighted by Gasteiger charge is -2.37. The fraction of sp³-hybridized carbons (Fsp3) is 0.941. The number of nitrogens with zero attached hydrogens (tertiary/aromatic N) is 2. The first-order chi connectivity index (χ1) is 11.5. The molecular formula is C17H31N3O3S. The zero-order valence-corrected chi connectivity index (χ0v) is 15.6. The second-order valence-electron chi connectivity index (χ2n) is 7.48. The lowest BCUT2D eigenvalue weighted by Crippen LogP contribution is -2.53. The molecule has 0 aromatic rings. The lowest BCUT2D eigenvalue weighted by molar-refractivity contribution is -0.135. The van der Waals surface area contributed by atoms with Gasteiger partial charge in [-0.15, -0.1) is 0 Å². The predicted molar refractivity (Wildman–Crippen MR) is 94.2 cm³/mol. The Hall–Kier alpha value is -0.660. The number of nitrogens with one attached hydrogen (secondary N) is 1. The van der Waals surface area contributed by atoms with Crippen molar-refractivity contribution in [2.75, 3.05) is 25.4 Å². The molecule has 2 saturated heterocycles. The van der Waals surface area contributed by atoms with Crippen molar-refractivity contribution in [1.29, 1.82) is 0 Å². The topological polar surface area (TPSA) is 69.7 Å². The Labute approximate surface area is 146 Å². The van der Waals surface area contributed by atoms with Gasteiger partial charge in [0, 0.05) is 25.2 Å². The van der Waals surface area contributed by atoms with Gasteiger partial charge in [-0.3, -0.25) is 9.69 Å². The Bertz CT molecular complexity index is 545. The van der Waals surface area contributed by atoms with Crippen molar-refractivity contribution in [3.05, 3.63) is 0 Å². The Morgan fingerprint density at radius 1 is 1.04 bits per heavy atom. The van der Waals surface area contributed by atoms with E-state index in [0.29, 0.717) is 12.6 Å². The number of hydrogen-bond donors (Lipinski definition) is 1. The third kappa shape index (κ3) is 4.11. The average molecular weight is 358 g/mol. The van der Waals surface area contributed by atoms with Gasteiger partial charge < -0.3 is 4.90 Å². The zero-order valence-electron chi connectivity index (χ0n) is 14.7. The molecule has 3 fully saturated rings. The van der Waals surface area contributed by atoms with Gasteiger partial charge in [-0.1, -0.05) is 19.3 Å². The van der Waals surface area contributed by atoms with Crippen molar-refractivity contribution < 1.29 is 13.2 Å². The lowest BCUT2D eigenvalue weighted by atomic mass is 9.94. The molecule has 7 heteroatoms. The van der Waals surface area contributed by atoms with Gasteiger partial charge in [-0.2, -0.15) is 0 Å². The third-order valence-electron chi connectivity index (χ3n) is 5.85. The summed E-state index contributed by atoms with van der Waals surface area (Å²) in [5.74, 6) is 0.391. The molecule has 1 N–H and O–H groups in total. The van der Waals surface area contributed by atoms with Gasteiger partial charge in [-0.05, 0) is 45.6 Å². The average Bonchev–Trinajstić information content (AvgIpc) is 2.97. The molecule has 1 saturated carbocycles. The van der Waals surface area contributed by atoms with Gasteiger partial charge in [-0.25, -0.2) is 13.1 Å². The normalized spacial score (nSPS) is 30.9. The van der Waals surface area contributed by atoms with Crippen molar-refractivity contribution in [2.24, 2.45) is 0 Å². The quantitative estimate of drug-likeness (QED) is 0.806. The second-order valence-corrected chi connectivity index (χ2v) is 9.53. The summed E-state index contributed by atoms with van der Waals surface area (Å²) in [4.78, 5) is 17.2. The Morgan fingerprint density at radius 3 is 2.50 bits per heavy atom. The summed E-state index contributed by atoms with van der Waals surface area (Å²) in [7, 11) is -3.18. The van der Waals surface area contributed by atoms with Gasteiger partial charge in [0.05, 0.1) is 11.8 Å². The van der Waals surface area contributed by atoms with Crippen LogP contribution < -0.4 is 4.72 Å². The van der Waals surface area contributed by atoms with E-state index in [0.717, 1.165) is 45.2 Å². The first-order valence-corrected chi connectivity index (χ1v) is 11.2. The predicted octanol–water partition coefficient (Wildman–Crippen LogP) is 1.32. The van der Waals surface area contributed by atoms with Crippen molar-refractivity contribution >= 4 is 15.9 Å². The standard InChI is InChI=1S/C17H31N3O3S/c1-2-24(22,23)18-14-7-6-11-19(13-14)16-10-12-20(17(16)21)15-8-4-3-5-9-15/h14-16,18H,2-13H2,1H3. The number of sulfonamides is 1. The minimum Gasteiger partial charge on any atom is -0.338 e. The number of piperidine rings is 1. The first-order valence-electron chi connectivity index (χ1n) is 9.54. The number of carbonyl (C=O) groups excluding carboxylic acids is 1. The molecule has 0 aromatic heterocycles. The van der Waals surface area contributed by atoms with Gasteiger partial charge >= 0.3 is 0 Å². The monoisotopic (exact) mass is 357 g/mol. The van der Waals surface area contributed by atoms with Gasteiger partial charge in [0.15, 0.2) is 0 Å². The molecule has 1 aliphatic carbocycles. The van der Waals surface area contributed by atoms with E-state index in [9.17, 15) is 13.2 Å². The smallest absolute Gasteiger partial charge is 0.240 e. The van der Waals surface area contributed by atoms with E-state index in [4.69, 9.17) is 0 Å². The van der Waals surface area contributed by atoms with Crippen molar-refractivity contribution in [2.45, 2.75) is 76.4 Å². The summed E-state index contributed by atoms with van der Waals surface area (Å²) < 4.78 is 26.4. The molecule has 0 spiro atoms.